The number of aryl methyl sites for hydroxylation is 1. The van der Waals surface area contributed by atoms with Gasteiger partial charge in [0.05, 0.1) is 5.02 Å². The molecule has 0 aliphatic carbocycles. The summed E-state index contributed by atoms with van der Waals surface area (Å²) in [6.45, 7) is 1.80. The van der Waals surface area contributed by atoms with E-state index in [-0.39, 0.29) is 9.92 Å². The summed E-state index contributed by atoms with van der Waals surface area (Å²) in [5.41, 5.74) is 3.33. The highest BCUT2D eigenvalue weighted by Gasteiger charge is 2.18. The number of carbonyl (C=O) groups is 1. The molecule has 0 heterocycles. The molecule has 2 rings (SSSR count). The first-order chi connectivity index (χ1) is 9.90. The number of amides is 1. The molecule has 0 saturated heterocycles. The van der Waals surface area contributed by atoms with E-state index in [2.05, 4.69) is 5.43 Å². The smallest absolute Gasteiger partial charge is 0.266 e. The molecule has 110 valence electrons. The summed E-state index contributed by atoms with van der Waals surface area (Å²) in [5, 5.41) is 0.0939. The van der Waals surface area contributed by atoms with Gasteiger partial charge in [-0.05, 0) is 36.8 Å². The molecule has 0 aliphatic rings. The van der Waals surface area contributed by atoms with Crippen LogP contribution < -0.4 is 10.3 Å². The SMILES string of the molecule is Cc1ccc(S(=O)(=O)NNC(=O)c2ccccc2)c(Cl)c1. The fourth-order valence-electron chi connectivity index (χ4n) is 1.65. The molecule has 5 nitrogen and oxygen atoms in total. The monoisotopic (exact) mass is 324 g/mol. The van der Waals surface area contributed by atoms with Gasteiger partial charge in [-0.3, -0.25) is 10.2 Å². The van der Waals surface area contributed by atoms with Crippen molar-refractivity contribution in [1.82, 2.24) is 10.3 Å². The van der Waals surface area contributed by atoms with Crippen molar-refractivity contribution < 1.29 is 13.2 Å². The summed E-state index contributed by atoms with van der Waals surface area (Å²) in [7, 11) is -3.92. The molecule has 2 N–H and O–H groups in total. The van der Waals surface area contributed by atoms with Crippen LogP contribution in [0.2, 0.25) is 5.02 Å². The maximum Gasteiger partial charge on any atom is 0.266 e. The number of rotatable bonds is 4. The molecule has 0 unspecified atom stereocenters. The molecular formula is C14H13ClN2O3S. The second kappa shape index (κ2) is 6.26. The number of nitrogens with one attached hydrogen (secondary N) is 2. The normalized spacial score (nSPS) is 11.1. The number of carbonyl (C=O) groups excluding carboxylic acids is 1. The Morgan fingerprint density at radius 2 is 1.76 bits per heavy atom. The first kappa shape index (κ1) is 15.5. The minimum absolute atomic E-state index is 0.0939. The van der Waals surface area contributed by atoms with Crippen molar-refractivity contribution in [3.63, 3.8) is 0 Å². The molecule has 21 heavy (non-hydrogen) atoms. The molecule has 1 amide bonds. The third-order valence-corrected chi connectivity index (χ3v) is 4.44. The van der Waals surface area contributed by atoms with Crippen LogP contribution in [-0.4, -0.2) is 14.3 Å². The Labute approximate surface area is 128 Å². The average Bonchev–Trinajstić information content (AvgIpc) is 2.45. The second-order valence-corrected chi connectivity index (χ2v) is 6.42. The van der Waals surface area contributed by atoms with Gasteiger partial charge in [0.25, 0.3) is 15.9 Å². The van der Waals surface area contributed by atoms with Crippen molar-refractivity contribution in [2.45, 2.75) is 11.8 Å². The third-order valence-electron chi connectivity index (χ3n) is 2.71. The van der Waals surface area contributed by atoms with Crippen molar-refractivity contribution in [1.29, 1.82) is 0 Å². The number of hydrogen-bond donors (Lipinski definition) is 2. The molecular weight excluding hydrogens is 312 g/mol. The van der Waals surface area contributed by atoms with Gasteiger partial charge in [0, 0.05) is 5.56 Å². The number of hydrogen-bond acceptors (Lipinski definition) is 3. The Morgan fingerprint density at radius 3 is 2.38 bits per heavy atom. The van der Waals surface area contributed by atoms with Gasteiger partial charge in [-0.2, -0.15) is 0 Å². The topological polar surface area (TPSA) is 75.3 Å². The summed E-state index contributed by atoms with van der Waals surface area (Å²) in [5.74, 6) is -0.553. The minimum atomic E-state index is -3.92. The van der Waals surface area contributed by atoms with E-state index in [1.807, 2.05) is 4.83 Å². The summed E-state index contributed by atoms with van der Waals surface area (Å²) in [6.07, 6.45) is 0. The zero-order chi connectivity index (χ0) is 15.5. The van der Waals surface area contributed by atoms with Gasteiger partial charge in [-0.25, -0.2) is 8.42 Å². The molecule has 7 heteroatoms. The molecule has 0 fully saturated rings. The summed E-state index contributed by atoms with van der Waals surface area (Å²) >= 11 is 5.91. The molecule has 0 saturated carbocycles. The Bertz CT molecular complexity index is 761. The van der Waals surface area contributed by atoms with Crippen LogP contribution in [-0.2, 0) is 10.0 Å². The highest BCUT2D eigenvalue weighted by Crippen LogP contribution is 2.21. The van der Waals surface area contributed by atoms with Gasteiger partial charge in [0.1, 0.15) is 4.90 Å². The fourth-order valence-corrected chi connectivity index (χ4v) is 3.09. The van der Waals surface area contributed by atoms with Gasteiger partial charge < -0.3 is 0 Å². The van der Waals surface area contributed by atoms with Crippen molar-refractivity contribution >= 4 is 27.5 Å². The minimum Gasteiger partial charge on any atom is -0.273 e. The number of halogens is 1. The maximum atomic E-state index is 12.1. The van der Waals surface area contributed by atoms with Crippen LogP contribution in [0.1, 0.15) is 15.9 Å². The van der Waals surface area contributed by atoms with Crippen LogP contribution in [0, 0.1) is 6.92 Å². The van der Waals surface area contributed by atoms with E-state index in [4.69, 9.17) is 11.6 Å². The molecule has 0 aliphatic heterocycles. The van der Waals surface area contributed by atoms with Crippen molar-refractivity contribution in [3.05, 3.63) is 64.7 Å². The van der Waals surface area contributed by atoms with Crippen molar-refractivity contribution in [2.24, 2.45) is 0 Å². The van der Waals surface area contributed by atoms with Gasteiger partial charge in [0.15, 0.2) is 0 Å². The summed E-state index contributed by atoms with van der Waals surface area (Å²) < 4.78 is 24.2. The predicted molar refractivity (Wildman–Crippen MR) is 80.4 cm³/mol. The molecule has 0 spiro atoms. The fraction of sp³-hybridized carbons (Fsp3) is 0.0714. The Morgan fingerprint density at radius 1 is 1.10 bits per heavy atom. The highest BCUT2D eigenvalue weighted by atomic mass is 35.5. The molecule has 0 aromatic heterocycles. The van der Waals surface area contributed by atoms with Crippen LogP contribution in [0.15, 0.2) is 53.4 Å². The second-order valence-electron chi connectivity index (χ2n) is 4.36. The molecule has 0 radical (unpaired) electrons. The zero-order valence-corrected chi connectivity index (χ0v) is 12.7. The number of hydrazine groups is 1. The highest BCUT2D eigenvalue weighted by molar-refractivity contribution is 7.89. The van der Waals surface area contributed by atoms with E-state index in [0.717, 1.165) is 5.56 Å². The molecule has 2 aromatic carbocycles. The van der Waals surface area contributed by atoms with Crippen LogP contribution in [0.5, 0.6) is 0 Å². The van der Waals surface area contributed by atoms with Crippen molar-refractivity contribution in [2.75, 3.05) is 0 Å². The molecule has 2 aromatic rings. The third kappa shape index (κ3) is 3.81. The van der Waals surface area contributed by atoms with Crippen molar-refractivity contribution in [3.8, 4) is 0 Å². The van der Waals surface area contributed by atoms with Crippen LogP contribution in [0.4, 0.5) is 0 Å². The van der Waals surface area contributed by atoms with E-state index >= 15 is 0 Å². The van der Waals surface area contributed by atoms with Gasteiger partial charge in [-0.15, -0.1) is 4.83 Å². The van der Waals surface area contributed by atoms with E-state index < -0.39 is 15.9 Å². The lowest BCUT2D eigenvalue weighted by Gasteiger charge is -2.10. The first-order valence-corrected chi connectivity index (χ1v) is 7.89. The molecule has 0 atom stereocenters. The van der Waals surface area contributed by atoms with Gasteiger partial charge in [-0.1, -0.05) is 35.9 Å². The van der Waals surface area contributed by atoms with E-state index in [1.54, 1.807) is 43.3 Å². The lowest BCUT2D eigenvalue weighted by Crippen LogP contribution is -2.41. The average molecular weight is 325 g/mol. The first-order valence-electron chi connectivity index (χ1n) is 6.03. The Hall–Kier alpha value is -1.89. The van der Waals surface area contributed by atoms with Gasteiger partial charge in [0.2, 0.25) is 0 Å². The van der Waals surface area contributed by atoms with Crippen LogP contribution in [0.3, 0.4) is 0 Å². The lowest BCUT2D eigenvalue weighted by atomic mass is 10.2. The standard InChI is InChI=1S/C14H13ClN2O3S/c1-10-7-8-13(12(15)9-10)21(19,20)17-16-14(18)11-5-3-2-4-6-11/h2-9,17H,1H3,(H,16,18). The Balaban J connectivity index is 2.13. The van der Waals surface area contributed by atoms with E-state index in [9.17, 15) is 13.2 Å². The van der Waals surface area contributed by atoms with Gasteiger partial charge >= 0.3 is 0 Å². The summed E-state index contributed by atoms with van der Waals surface area (Å²) in [6, 6.07) is 12.8. The van der Waals surface area contributed by atoms with Crippen LogP contribution in [0.25, 0.3) is 0 Å². The maximum absolute atomic E-state index is 12.1. The van der Waals surface area contributed by atoms with Crippen LogP contribution >= 0.6 is 11.6 Å². The quantitative estimate of drug-likeness (QED) is 0.847. The van der Waals surface area contributed by atoms with E-state index in [0.29, 0.717) is 5.56 Å². The lowest BCUT2D eigenvalue weighted by molar-refractivity contribution is 0.0945. The molecule has 0 bridgehead atoms. The summed E-state index contributed by atoms with van der Waals surface area (Å²) in [4.78, 5) is 13.7. The predicted octanol–water partition coefficient (Wildman–Crippen LogP) is 2.27. The number of benzene rings is 2. The largest absolute Gasteiger partial charge is 0.273 e. The Kier molecular flexibility index (Phi) is 4.62. The number of sulfonamides is 1. The zero-order valence-electron chi connectivity index (χ0n) is 11.1. The van der Waals surface area contributed by atoms with E-state index in [1.165, 1.54) is 12.1 Å².